The van der Waals surface area contributed by atoms with Gasteiger partial charge in [-0.2, -0.15) is 0 Å². The molecule has 0 radical (unpaired) electrons. The Morgan fingerprint density at radius 2 is 1.85 bits per heavy atom. The van der Waals surface area contributed by atoms with Crippen LogP contribution in [-0.4, -0.2) is 36.1 Å². The van der Waals surface area contributed by atoms with E-state index in [0.717, 1.165) is 10.2 Å². The van der Waals surface area contributed by atoms with Crippen LogP contribution in [0.25, 0.3) is 10.2 Å². The third-order valence-electron chi connectivity index (χ3n) is 3.82. The van der Waals surface area contributed by atoms with Gasteiger partial charge in [-0.1, -0.05) is 35.6 Å². The molecule has 3 N–H and O–H groups in total. The average Bonchev–Trinajstić information content (AvgIpc) is 3.13. The summed E-state index contributed by atoms with van der Waals surface area (Å²) in [5, 5.41) is 3.58. The lowest BCUT2D eigenvalue weighted by Gasteiger charge is -2.25. The molecule has 0 saturated heterocycles. The number of hydrogen-bond donors (Lipinski definition) is 3. The Balaban J connectivity index is 1.25. The fourth-order valence-corrected chi connectivity index (χ4v) is 3.37. The van der Waals surface area contributed by atoms with Crippen LogP contribution in [0, 0.1) is 0 Å². The lowest BCUT2D eigenvalue weighted by Crippen LogP contribution is -2.51. The van der Waals surface area contributed by atoms with E-state index in [1.165, 1.54) is 11.3 Å². The minimum atomic E-state index is -0.836. The van der Waals surface area contributed by atoms with Gasteiger partial charge in [-0.3, -0.25) is 20.4 Å². The minimum Gasteiger partial charge on any atom is -0.485 e. The molecule has 1 atom stereocenters. The lowest BCUT2D eigenvalue weighted by atomic mass is 10.2. The summed E-state index contributed by atoms with van der Waals surface area (Å²) in [7, 11) is 0. The number of thiazole rings is 1. The molecule has 0 fully saturated rings. The topological polar surface area (TPSA) is 102 Å². The van der Waals surface area contributed by atoms with Crippen molar-refractivity contribution in [2.24, 2.45) is 0 Å². The van der Waals surface area contributed by atoms with Gasteiger partial charge in [0, 0.05) is 0 Å². The quantitative estimate of drug-likeness (QED) is 0.592. The van der Waals surface area contributed by atoms with Crippen molar-refractivity contribution in [3.8, 4) is 11.5 Å². The Morgan fingerprint density at radius 3 is 2.70 bits per heavy atom. The van der Waals surface area contributed by atoms with Crippen molar-refractivity contribution in [2.45, 2.75) is 6.10 Å². The molecule has 1 aliphatic rings. The first-order chi connectivity index (χ1) is 13.2. The maximum atomic E-state index is 12.1. The number of nitrogens with one attached hydrogen (secondary N) is 3. The molecule has 138 valence electrons. The molecule has 27 heavy (non-hydrogen) atoms. The molecule has 4 rings (SSSR count). The molecule has 9 heteroatoms. The Kier molecular flexibility index (Phi) is 4.75. The SMILES string of the molecule is O=C(CNc1nc2ccccc2s1)NNC(=O)C1COc2ccccc2O1. The number of anilines is 1. The molecule has 2 aromatic carbocycles. The molecule has 2 heterocycles. The number of rotatable bonds is 4. The number of nitrogens with zero attached hydrogens (tertiary/aromatic N) is 1. The zero-order valence-electron chi connectivity index (χ0n) is 14.1. The Morgan fingerprint density at radius 1 is 1.07 bits per heavy atom. The summed E-state index contributed by atoms with van der Waals surface area (Å²) in [6.07, 6.45) is -0.836. The van der Waals surface area contributed by atoms with Crippen molar-refractivity contribution in [3.63, 3.8) is 0 Å². The van der Waals surface area contributed by atoms with Crippen LogP contribution in [0.1, 0.15) is 0 Å². The van der Waals surface area contributed by atoms with Crippen LogP contribution in [0.15, 0.2) is 48.5 Å². The molecule has 8 nitrogen and oxygen atoms in total. The van der Waals surface area contributed by atoms with Gasteiger partial charge in [0.1, 0.15) is 6.61 Å². The number of hydrazine groups is 1. The van der Waals surface area contributed by atoms with Gasteiger partial charge in [0.25, 0.3) is 11.8 Å². The highest BCUT2D eigenvalue weighted by atomic mass is 32.1. The van der Waals surface area contributed by atoms with Crippen molar-refractivity contribution in [1.29, 1.82) is 0 Å². The van der Waals surface area contributed by atoms with Gasteiger partial charge in [0.15, 0.2) is 16.6 Å². The number of ether oxygens (including phenoxy) is 2. The molecule has 1 unspecified atom stereocenters. The average molecular weight is 384 g/mol. The van der Waals surface area contributed by atoms with Crippen molar-refractivity contribution >= 4 is 38.5 Å². The van der Waals surface area contributed by atoms with E-state index in [1.807, 2.05) is 30.3 Å². The van der Waals surface area contributed by atoms with Gasteiger partial charge < -0.3 is 14.8 Å². The highest BCUT2D eigenvalue weighted by Crippen LogP contribution is 2.30. The molecular weight excluding hydrogens is 368 g/mol. The van der Waals surface area contributed by atoms with Gasteiger partial charge >= 0.3 is 0 Å². The second-order valence-electron chi connectivity index (χ2n) is 5.74. The molecule has 1 aromatic heterocycles. The lowest BCUT2D eigenvalue weighted by molar-refractivity contribution is -0.134. The molecule has 0 aliphatic carbocycles. The summed E-state index contributed by atoms with van der Waals surface area (Å²) >= 11 is 1.45. The first-order valence-electron chi connectivity index (χ1n) is 8.26. The summed E-state index contributed by atoms with van der Waals surface area (Å²) in [5.41, 5.74) is 5.56. The van der Waals surface area contributed by atoms with E-state index in [1.54, 1.807) is 18.2 Å². The summed E-state index contributed by atoms with van der Waals surface area (Å²) in [6, 6.07) is 14.8. The van der Waals surface area contributed by atoms with Gasteiger partial charge in [-0.25, -0.2) is 4.98 Å². The van der Waals surface area contributed by atoms with Crippen LogP contribution < -0.4 is 25.6 Å². The molecule has 1 aliphatic heterocycles. The summed E-state index contributed by atoms with van der Waals surface area (Å²) in [4.78, 5) is 28.5. The maximum Gasteiger partial charge on any atom is 0.283 e. The first-order valence-corrected chi connectivity index (χ1v) is 9.07. The zero-order chi connectivity index (χ0) is 18.6. The van der Waals surface area contributed by atoms with Gasteiger partial charge in [-0.15, -0.1) is 0 Å². The fraction of sp³-hybridized carbons (Fsp3) is 0.167. The van der Waals surface area contributed by atoms with E-state index in [-0.39, 0.29) is 13.2 Å². The van der Waals surface area contributed by atoms with E-state index >= 15 is 0 Å². The third-order valence-corrected chi connectivity index (χ3v) is 4.81. The van der Waals surface area contributed by atoms with Gasteiger partial charge in [0.2, 0.25) is 6.10 Å². The van der Waals surface area contributed by atoms with Crippen molar-refractivity contribution in [2.75, 3.05) is 18.5 Å². The van der Waals surface area contributed by atoms with Crippen LogP contribution in [0.3, 0.4) is 0 Å². The van der Waals surface area contributed by atoms with Crippen LogP contribution >= 0.6 is 11.3 Å². The van der Waals surface area contributed by atoms with Gasteiger partial charge in [-0.05, 0) is 24.3 Å². The number of carbonyl (C=O) groups excluding carboxylic acids is 2. The Bertz CT molecular complexity index is 957. The molecule has 0 bridgehead atoms. The largest absolute Gasteiger partial charge is 0.485 e. The van der Waals surface area contributed by atoms with E-state index in [0.29, 0.717) is 16.6 Å². The Hall–Kier alpha value is -3.33. The second-order valence-corrected chi connectivity index (χ2v) is 6.77. The van der Waals surface area contributed by atoms with E-state index in [2.05, 4.69) is 21.2 Å². The highest BCUT2D eigenvalue weighted by Gasteiger charge is 2.27. The number of fused-ring (bicyclic) bond motifs is 2. The number of hydrogen-bond acceptors (Lipinski definition) is 7. The van der Waals surface area contributed by atoms with Crippen LogP contribution in [-0.2, 0) is 9.59 Å². The number of carbonyl (C=O) groups is 2. The minimum absolute atomic E-state index is 0.0229. The van der Waals surface area contributed by atoms with Crippen LogP contribution in [0.4, 0.5) is 5.13 Å². The number of benzene rings is 2. The van der Waals surface area contributed by atoms with Crippen LogP contribution in [0.2, 0.25) is 0 Å². The number of aromatic nitrogens is 1. The van der Waals surface area contributed by atoms with E-state index in [4.69, 9.17) is 9.47 Å². The highest BCUT2D eigenvalue weighted by molar-refractivity contribution is 7.22. The van der Waals surface area contributed by atoms with E-state index < -0.39 is 17.9 Å². The number of para-hydroxylation sites is 3. The fourth-order valence-electron chi connectivity index (χ4n) is 2.51. The summed E-state index contributed by atoms with van der Waals surface area (Å²) < 4.78 is 12.1. The molecule has 0 saturated carbocycles. The van der Waals surface area contributed by atoms with Crippen molar-refractivity contribution in [1.82, 2.24) is 15.8 Å². The second kappa shape index (κ2) is 7.50. The zero-order valence-corrected chi connectivity index (χ0v) is 14.9. The normalized spacial score (nSPS) is 15.2. The van der Waals surface area contributed by atoms with E-state index in [9.17, 15) is 9.59 Å². The molecule has 3 aromatic rings. The maximum absolute atomic E-state index is 12.1. The predicted octanol–water partition coefficient (Wildman–Crippen LogP) is 1.70. The van der Waals surface area contributed by atoms with Crippen molar-refractivity contribution in [3.05, 3.63) is 48.5 Å². The summed E-state index contributed by atoms with van der Waals surface area (Å²) in [6.45, 7) is 0.0492. The monoisotopic (exact) mass is 384 g/mol. The third kappa shape index (κ3) is 3.93. The molecular formula is C18H16N4O4S. The first kappa shape index (κ1) is 17.1. The van der Waals surface area contributed by atoms with Crippen molar-refractivity contribution < 1.29 is 19.1 Å². The van der Waals surface area contributed by atoms with Gasteiger partial charge in [0.05, 0.1) is 16.8 Å². The summed E-state index contributed by atoms with van der Waals surface area (Å²) in [5.74, 6) is 0.191. The molecule has 0 spiro atoms. The smallest absolute Gasteiger partial charge is 0.283 e. The molecule has 2 amide bonds. The number of amides is 2. The standard InChI is InChI=1S/C18H16N4O4S/c23-16(9-19-18-20-11-5-1-4-8-15(11)27-18)21-22-17(24)14-10-25-12-6-2-3-7-13(12)26-14/h1-8,14H,9-10H2,(H,19,20)(H,21,23)(H,22,24). The predicted molar refractivity (Wildman–Crippen MR) is 101 cm³/mol. The Labute approximate surface area is 158 Å². The van der Waals surface area contributed by atoms with Crippen LogP contribution in [0.5, 0.6) is 11.5 Å².